The van der Waals surface area contributed by atoms with Crippen molar-refractivity contribution in [3.63, 3.8) is 0 Å². The van der Waals surface area contributed by atoms with E-state index >= 15 is 0 Å². The van der Waals surface area contributed by atoms with Gasteiger partial charge in [0, 0.05) is 10.3 Å². The first-order valence-electron chi connectivity index (χ1n) is 7.51. The first-order valence-corrected chi connectivity index (χ1v) is 8.39. The quantitative estimate of drug-likeness (QED) is 0.685. The lowest BCUT2D eigenvalue weighted by Crippen LogP contribution is -2.70. The fourth-order valence-corrected chi connectivity index (χ4v) is 4.83. The van der Waals surface area contributed by atoms with Gasteiger partial charge in [0.25, 0.3) is 0 Å². The number of aliphatic carboxylic acids is 1. The molecule has 1 aromatic carbocycles. The third kappa shape index (κ3) is 2.60. The molecule has 1 aromatic rings. The van der Waals surface area contributed by atoms with Gasteiger partial charge in [-0.3, -0.25) is 9.59 Å². The molecule has 2 aliphatic heterocycles. The highest BCUT2D eigenvalue weighted by atomic mass is 32.2. The van der Waals surface area contributed by atoms with Crippen molar-refractivity contribution in [2.45, 2.75) is 42.5 Å². The summed E-state index contributed by atoms with van der Waals surface area (Å²) in [6, 6.07) is 4.88. The molecule has 3 N–H and O–H groups in total. The number of carboxylic acid groups (broad SMARTS) is 1. The van der Waals surface area contributed by atoms with E-state index in [2.05, 4.69) is 5.32 Å². The molecule has 2 fully saturated rings. The number of aromatic hydroxyl groups is 1. The highest BCUT2D eigenvalue weighted by Crippen LogP contribution is 2.50. The zero-order valence-electron chi connectivity index (χ0n) is 13.2. The first-order chi connectivity index (χ1) is 11.2. The van der Waals surface area contributed by atoms with E-state index < -0.39 is 22.8 Å². The zero-order chi connectivity index (χ0) is 17.6. The second kappa shape index (κ2) is 5.70. The van der Waals surface area contributed by atoms with Gasteiger partial charge >= 0.3 is 5.97 Å². The van der Waals surface area contributed by atoms with Crippen molar-refractivity contribution < 1.29 is 24.6 Å². The molecule has 0 radical (unpaired) electrons. The van der Waals surface area contributed by atoms with Crippen LogP contribution in [0.2, 0.25) is 0 Å². The van der Waals surface area contributed by atoms with Crippen LogP contribution in [0.25, 0.3) is 0 Å². The van der Waals surface area contributed by atoms with Gasteiger partial charge in [-0.2, -0.15) is 0 Å². The summed E-state index contributed by atoms with van der Waals surface area (Å²) < 4.78 is -0.622. The normalized spacial score (nSPS) is 27.3. The number of phenols is 1. The van der Waals surface area contributed by atoms with Gasteiger partial charge in [-0.1, -0.05) is 18.2 Å². The fraction of sp³-hybridized carbons (Fsp3) is 0.438. The Kier molecular flexibility index (Phi) is 3.95. The number of fused-ring (bicyclic) bond motifs is 1. The van der Waals surface area contributed by atoms with Crippen LogP contribution in [0, 0.1) is 0 Å². The number of amides is 2. The van der Waals surface area contributed by atoms with Crippen molar-refractivity contribution in [3.05, 3.63) is 29.8 Å². The number of nitrogens with one attached hydrogen (secondary N) is 1. The number of thioether (sulfide) groups is 1. The van der Waals surface area contributed by atoms with Crippen molar-refractivity contribution in [2.24, 2.45) is 0 Å². The minimum Gasteiger partial charge on any atom is -0.508 e. The Labute approximate surface area is 143 Å². The van der Waals surface area contributed by atoms with Crippen LogP contribution >= 0.6 is 11.8 Å². The number of para-hydroxylation sites is 1. The Bertz CT molecular complexity index is 720. The molecule has 7 nitrogen and oxygen atoms in total. The molecule has 0 unspecified atom stereocenters. The molecule has 0 spiro atoms. The number of benzene rings is 1. The molecular weight excluding hydrogens is 332 g/mol. The second-order valence-electron chi connectivity index (χ2n) is 6.45. The number of hydrogen-bond donors (Lipinski definition) is 3. The van der Waals surface area contributed by atoms with Crippen LogP contribution in [0.4, 0.5) is 0 Å². The molecule has 0 bridgehead atoms. The number of nitrogens with zero attached hydrogens (tertiary/aromatic N) is 1. The number of β-lactam (4-membered cyclic amide) rings is 1. The lowest BCUT2D eigenvalue weighted by atomic mass is 9.96. The highest BCUT2D eigenvalue weighted by molar-refractivity contribution is 8.01. The zero-order valence-corrected chi connectivity index (χ0v) is 14.0. The van der Waals surface area contributed by atoms with E-state index in [1.807, 2.05) is 0 Å². The van der Waals surface area contributed by atoms with Crippen LogP contribution < -0.4 is 5.32 Å². The van der Waals surface area contributed by atoms with Crippen LogP contribution in [0.5, 0.6) is 5.75 Å². The number of carbonyl (C=O) groups excluding carboxylic acids is 2. The molecule has 24 heavy (non-hydrogen) atoms. The lowest BCUT2D eigenvalue weighted by molar-refractivity contribution is -0.161. The molecule has 2 heterocycles. The van der Waals surface area contributed by atoms with E-state index in [-0.39, 0.29) is 29.4 Å². The topological polar surface area (TPSA) is 107 Å². The summed E-state index contributed by atoms with van der Waals surface area (Å²) in [5.74, 6) is -1.78. The number of carboxylic acids is 1. The van der Waals surface area contributed by atoms with E-state index in [0.29, 0.717) is 5.56 Å². The van der Waals surface area contributed by atoms with Gasteiger partial charge in [0.2, 0.25) is 11.8 Å². The maximum atomic E-state index is 12.3. The molecule has 3 atom stereocenters. The van der Waals surface area contributed by atoms with E-state index in [4.69, 9.17) is 0 Å². The van der Waals surface area contributed by atoms with Gasteiger partial charge in [-0.05, 0) is 19.9 Å². The third-order valence-corrected chi connectivity index (χ3v) is 5.91. The van der Waals surface area contributed by atoms with Gasteiger partial charge in [0.1, 0.15) is 23.2 Å². The predicted molar refractivity (Wildman–Crippen MR) is 87.5 cm³/mol. The maximum Gasteiger partial charge on any atom is 0.327 e. The second-order valence-corrected chi connectivity index (χ2v) is 8.22. The van der Waals surface area contributed by atoms with Crippen molar-refractivity contribution in [3.8, 4) is 5.75 Å². The third-order valence-electron chi connectivity index (χ3n) is 4.33. The van der Waals surface area contributed by atoms with Gasteiger partial charge in [0.15, 0.2) is 0 Å². The monoisotopic (exact) mass is 350 g/mol. The van der Waals surface area contributed by atoms with E-state index in [0.717, 1.165) is 0 Å². The van der Waals surface area contributed by atoms with Crippen molar-refractivity contribution in [1.82, 2.24) is 10.2 Å². The van der Waals surface area contributed by atoms with E-state index in [9.17, 15) is 24.6 Å². The van der Waals surface area contributed by atoms with Crippen molar-refractivity contribution in [2.75, 3.05) is 0 Å². The van der Waals surface area contributed by atoms with E-state index in [1.165, 1.54) is 22.7 Å². The van der Waals surface area contributed by atoms with Gasteiger partial charge < -0.3 is 20.4 Å². The molecule has 0 aliphatic carbocycles. The summed E-state index contributed by atoms with van der Waals surface area (Å²) in [5, 5.41) is 21.3. The molecule has 0 saturated carbocycles. The molecule has 128 valence electrons. The number of rotatable bonds is 4. The molecule has 2 aliphatic rings. The van der Waals surface area contributed by atoms with Gasteiger partial charge in [-0.25, -0.2) is 4.79 Å². The summed E-state index contributed by atoms with van der Waals surface area (Å²) in [5.41, 5.74) is 0.474. The summed E-state index contributed by atoms with van der Waals surface area (Å²) in [6.07, 6.45) is -0.0421. The van der Waals surface area contributed by atoms with Crippen LogP contribution in [0.3, 0.4) is 0 Å². The van der Waals surface area contributed by atoms with Crippen LogP contribution in [0.1, 0.15) is 19.4 Å². The number of carbonyl (C=O) groups is 3. The van der Waals surface area contributed by atoms with Crippen molar-refractivity contribution >= 4 is 29.5 Å². The number of hydrogen-bond acceptors (Lipinski definition) is 5. The Morgan fingerprint density at radius 1 is 1.33 bits per heavy atom. The minimum absolute atomic E-state index is 0.0246. The molecule has 8 heteroatoms. The lowest BCUT2D eigenvalue weighted by Gasteiger charge is -2.43. The highest BCUT2D eigenvalue weighted by Gasteiger charge is 2.64. The average molecular weight is 350 g/mol. The smallest absolute Gasteiger partial charge is 0.327 e. The molecule has 0 aromatic heterocycles. The van der Waals surface area contributed by atoms with Crippen molar-refractivity contribution in [1.29, 1.82) is 0 Å². The summed E-state index contributed by atoms with van der Waals surface area (Å²) in [4.78, 5) is 37.2. The van der Waals surface area contributed by atoms with Gasteiger partial charge in [0.05, 0.1) is 6.42 Å². The predicted octanol–water partition coefficient (Wildman–Crippen LogP) is 0.566. The van der Waals surface area contributed by atoms with Crippen LogP contribution in [-0.2, 0) is 20.8 Å². The van der Waals surface area contributed by atoms with E-state index in [1.54, 1.807) is 32.0 Å². The first kappa shape index (κ1) is 16.6. The van der Waals surface area contributed by atoms with Gasteiger partial charge in [-0.15, -0.1) is 11.8 Å². The Morgan fingerprint density at radius 2 is 2.00 bits per heavy atom. The minimum atomic E-state index is -1.04. The molecule has 3 rings (SSSR count). The fourth-order valence-electron chi connectivity index (χ4n) is 3.20. The summed E-state index contributed by atoms with van der Waals surface area (Å²) in [6.45, 7) is 3.56. The summed E-state index contributed by atoms with van der Waals surface area (Å²) in [7, 11) is 0. The molecule has 2 amide bonds. The summed E-state index contributed by atoms with van der Waals surface area (Å²) >= 11 is 1.38. The average Bonchev–Trinajstić information content (AvgIpc) is 2.76. The van der Waals surface area contributed by atoms with Crippen LogP contribution in [-0.4, -0.2) is 55.1 Å². The number of phenolic OH excluding ortho intramolecular Hbond substituents is 1. The standard InChI is InChI=1S/C16H18N2O5S/c1-16(2)12(15(22)23)18-13(21)11(14(18)24-16)17-10(20)7-8-5-3-4-6-9(8)19/h3-6,11-12,14,19H,7H2,1-2H3,(H,17,20)(H,22,23)/t11-,12+,14-/m1/s1. The maximum absolute atomic E-state index is 12.3. The Hall–Kier alpha value is -2.22. The van der Waals surface area contributed by atoms with Crippen LogP contribution in [0.15, 0.2) is 24.3 Å². The Balaban J connectivity index is 1.68. The molecule has 2 saturated heterocycles. The largest absolute Gasteiger partial charge is 0.508 e. The molecular formula is C16H18N2O5S. The SMILES string of the molecule is CC1(C)S[C@@H]2[C@H](NC(=O)Cc3ccccc3O)C(=O)N2[C@H]1C(=O)O. The Morgan fingerprint density at radius 3 is 2.62 bits per heavy atom.